The smallest absolute Gasteiger partial charge is 0.125 e. The van der Waals surface area contributed by atoms with Crippen molar-refractivity contribution in [2.75, 3.05) is 21.3 Å². The van der Waals surface area contributed by atoms with Gasteiger partial charge in [-0.25, -0.2) is 0 Å². The lowest BCUT2D eigenvalue weighted by Gasteiger charge is -2.28. The van der Waals surface area contributed by atoms with Crippen molar-refractivity contribution in [3.05, 3.63) is 173 Å². The molecule has 0 fully saturated rings. The summed E-state index contributed by atoms with van der Waals surface area (Å²) in [6.07, 6.45) is 2.53. The van der Waals surface area contributed by atoms with E-state index < -0.39 is 0 Å². The second-order valence-electron chi connectivity index (χ2n) is 28.0. The Kier molecular flexibility index (Phi) is 15.3. The van der Waals surface area contributed by atoms with Gasteiger partial charge in [0.05, 0.1) is 21.3 Å². The first-order valence-corrected chi connectivity index (χ1v) is 27.2. The number of fused-ring (bicyclic) bond motifs is 12. The molecule has 0 heterocycles. The van der Waals surface area contributed by atoms with Crippen LogP contribution in [0, 0.1) is 0 Å². The Morgan fingerprint density at radius 3 is 0.493 bits per heavy atom. The van der Waals surface area contributed by atoms with Gasteiger partial charge in [-0.1, -0.05) is 197 Å². The van der Waals surface area contributed by atoms with Gasteiger partial charge in [0.15, 0.2) is 0 Å². The monoisotopic (exact) mass is 1010 g/mol. The first-order chi connectivity index (χ1) is 34.5. The van der Waals surface area contributed by atoms with E-state index in [0.29, 0.717) is 38.5 Å². The van der Waals surface area contributed by atoms with E-state index >= 15 is 0 Å². The molecule has 1 aliphatic carbocycles. The predicted molar refractivity (Wildman–Crippen MR) is 312 cm³/mol. The zero-order valence-corrected chi connectivity index (χ0v) is 49.7. The normalized spacial score (nSPS) is 14.0. The molecule has 7 rings (SSSR count). The lowest BCUT2D eigenvalue weighted by molar-refractivity contribution is 0.397. The summed E-state index contributed by atoms with van der Waals surface area (Å²) in [6.45, 7) is 40.1. The Labute approximate surface area is 451 Å². The van der Waals surface area contributed by atoms with Gasteiger partial charge in [0.1, 0.15) is 34.5 Å². The highest BCUT2D eigenvalue weighted by Crippen LogP contribution is 2.45. The Morgan fingerprint density at radius 1 is 0.240 bits per heavy atom. The maximum Gasteiger partial charge on any atom is 0.125 e. The molecule has 402 valence electrons. The molecule has 0 aliphatic heterocycles. The molecule has 0 saturated heterocycles. The highest BCUT2D eigenvalue weighted by molar-refractivity contribution is 5.61. The van der Waals surface area contributed by atoms with Gasteiger partial charge in [-0.2, -0.15) is 0 Å². The summed E-state index contributed by atoms with van der Waals surface area (Å²) in [7, 11) is 5.29. The Hall–Kier alpha value is -5.88. The molecule has 0 saturated carbocycles. The molecule has 0 radical (unpaired) electrons. The lowest BCUT2D eigenvalue weighted by atomic mass is 9.79. The van der Waals surface area contributed by atoms with Gasteiger partial charge in [-0.05, 0) is 133 Å². The van der Waals surface area contributed by atoms with Crippen LogP contribution in [0.2, 0.25) is 0 Å². The van der Waals surface area contributed by atoms with Crippen LogP contribution in [-0.2, 0) is 71.0 Å². The van der Waals surface area contributed by atoms with Crippen molar-refractivity contribution in [1.82, 2.24) is 0 Å². The minimum absolute atomic E-state index is 0.170. The van der Waals surface area contributed by atoms with Crippen LogP contribution >= 0.6 is 0 Å². The van der Waals surface area contributed by atoms with Crippen molar-refractivity contribution in [2.45, 2.75) is 196 Å². The Morgan fingerprint density at radius 2 is 0.360 bits per heavy atom. The van der Waals surface area contributed by atoms with Crippen LogP contribution < -0.4 is 14.2 Å². The van der Waals surface area contributed by atoms with Gasteiger partial charge < -0.3 is 29.5 Å². The summed E-state index contributed by atoms with van der Waals surface area (Å²) in [4.78, 5) is 0. The summed E-state index contributed by atoms with van der Waals surface area (Å²) in [5.74, 6) is 2.99. The van der Waals surface area contributed by atoms with E-state index in [1.807, 2.05) is 0 Å². The lowest BCUT2D eigenvalue weighted by Crippen LogP contribution is -2.16. The zero-order valence-electron chi connectivity index (χ0n) is 49.7. The fraction of sp³-hybridized carbons (Fsp3) is 0.478. The fourth-order valence-corrected chi connectivity index (χ4v) is 10.8. The first-order valence-electron chi connectivity index (χ1n) is 27.2. The third-order valence-electron chi connectivity index (χ3n) is 15.6. The summed E-state index contributed by atoms with van der Waals surface area (Å²) < 4.78 is 19.6. The van der Waals surface area contributed by atoms with Gasteiger partial charge in [-0.15, -0.1) is 0 Å². The molecule has 6 aromatic carbocycles. The standard InChI is InChI=1S/C69H90O6/c1-64(2,3)52-28-40-22-42-30-53(65(4,5)6)32-44(59(42)71)24-46-34-55(67(10,11)12)36-48(61(46)73-19)26-50-38-57(69(16,17)18)39-51(63(50)75-21)27-49-37-56(68(13,14)15)35-47(62(49)74-20)25-45-33-54(66(7,8)9)31-43(60(45)72)23-41(29-52)58(40)70/h28-39,70-72H,22-27H2,1-21H3. The van der Waals surface area contributed by atoms with E-state index in [4.69, 9.17) is 14.2 Å². The average molecular weight is 1020 g/mol. The van der Waals surface area contributed by atoms with Crippen molar-refractivity contribution in [3.8, 4) is 34.5 Å². The van der Waals surface area contributed by atoms with E-state index in [2.05, 4.69) is 197 Å². The van der Waals surface area contributed by atoms with E-state index in [-0.39, 0.29) is 49.7 Å². The summed E-state index contributed by atoms with van der Waals surface area (Å²) in [6, 6.07) is 26.5. The van der Waals surface area contributed by atoms with Crippen molar-refractivity contribution < 1.29 is 29.5 Å². The van der Waals surface area contributed by atoms with E-state index in [0.717, 1.165) is 101 Å². The van der Waals surface area contributed by atoms with Crippen LogP contribution in [0.1, 0.15) is 225 Å². The molecule has 0 unspecified atom stereocenters. The van der Waals surface area contributed by atoms with Crippen LogP contribution in [0.4, 0.5) is 0 Å². The van der Waals surface area contributed by atoms with Crippen molar-refractivity contribution in [2.24, 2.45) is 0 Å². The van der Waals surface area contributed by atoms with Crippen LogP contribution in [0.25, 0.3) is 0 Å². The Balaban J connectivity index is 1.62. The molecule has 0 amide bonds. The molecule has 1 aliphatic rings. The van der Waals surface area contributed by atoms with Crippen molar-refractivity contribution in [3.63, 3.8) is 0 Å². The third kappa shape index (κ3) is 12.2. The first kappa shape index (κ1) is 56.8. The molecule has 0 atom stereocenters. The molecule has 6 nitrogen and oxygen atoms in total. The molecule has 12 bridgehead atoms. The number of phenolic OH excluding ortho intramolecular Hbond substituents is 3. The summed E-state index contributed by atoms with van der Waals surface area (Å²) in [5.41, 5.74) is 16.1. The van der Waals surface area contributed by atoms with Crippen LogP contribution in [-0.4, -0.2) is 36.6 Å². The highest BCUT2D eigenvalue weighted by Gasteiger charge is 2.30. The number of rotatable bonds is 3. The highest BCUT2D eigenvalue weighted by atomic mass is 16.5. The molecule has 0 aromatic heterocycles. The predicted octanol–water partition coefficient (Wildman–Crippen LogP) is 16.5. The molecule has 6 aromatic rings. The fourth-order valence-electron chi connectivity index (χ4n) is 10.8. The summed E-state index contributed by atoms with van der Waals surface area (Å²) in [5, 5.41) is 37.9. The SMILES string of the molecule is COc1c2cc(C(C)(C)C)cc1Cc1cc(C(C)(C)C)cc(c1OC)Cc1cc(C(C)(C)C)cc(c1OC)Cc1cc(C(C)(C)C)cc(c1O)Cc1cc(C(C)(C)C)cc(c1O)Cc1cc(C(C)(C)C)cc(c1O)C2. The van der Waals surface area contributed by atoms with Crippen LogP contribution in [0.15, 0.2) is 72.8 Å². The zero-order chi connectivity index (χ0) is 55.7. The van der Waals surface area contributed by atoms with Gasteiger partial charge in [0, 0.05) is 38.5 Å². The average Bonchev–Trinajstić information content (AvgIpc) is 3.27. The topological polar surface area (TPSA) is 88.4 Å². The number of phenols is 3. The van der Waals surface area contributed by atoms with Gasteiger partial charge in [-0.3, -0.25) is 0 Å². The number of methoxy groups -OCH3 is 3. The number of benzene rings is 6. The number of hydrogen-bond acceptors (Lipinski definition) is 6. The van der Waals surface area contributed by atoms with E-state index in [9.17, 15) is 15.3 Å². The molecule has 75 heavy (non-hydrogen) atoms. The van der Waals surface area contributed by atoms with E-state index in [1.165, 1.54) is 16.7 Å². The number of ether oxygens (including phenoxy) is 3. The second kappa shape index (κ2) is 20.2. The number of aromatic hydroxyl groups is 3. The third-order valence-corrected chi connectivity index (χ3v) is 15.6. The largest absolute Gasteiger partial charge is 0.507 e. The van der Waals surface area contributed by atoms with Gasteiger partial charge in [0.2, 0.25) is 0 Å². The van der Waals surface area contributed by atoms with Gasteiger partial charge in [0.25, 0.3) is 0 Å². The Bertz CT molecular complexity index is 2930. The van der Waals surface area contributed by atoms with Crippen molar-refractivity contribution >= 4 is 0 Å². The maximum atomic E-state index is 12.7. The molecule has 0 spiro atoms. The maximum absolute atomic E-state index is 12.7. The summed E-state index contributed by atoms with van der Waals surface area (Å²) >= 11 is 0. The molecular formula is C69H90O6. The van der Waals surface area contributed by atoms with Gasteiger partial charge >= 0.3 is 0 Å². The van der Waals surface area contributed by atoms with Crippen LogP contribution in [0.5, 0.6) is 34.5 Å². The van der Waals surface area contributed by atoms with Crippen molar-refractivity contribution in [1.29, 1.82) is 0 Å². The van der Waals surface area contributed by atoms with E-state index in [1.54, 1.807) is 21.3 Å². The second-order valence-corrected chi connectivity index (χ2v) is 28.0. The van der Waals surface area contributed by atoms with Crippen LogP contribution in [0.3, 0.4) is 0 Å². The molecular weight excluding hydrogens is 925 g/mol. The minimum Gasteiger partial charge on any atom is -0.507 e. The molecule has 3 N–H and O–H groups in total. The quantitative estimate of drug-likeness (QED) is 0.163. The minimum atomic E-state index is -0.266. The molecule has 6 heteroatoms. The number of hydrogen-bond donors (Lipinski definition) is 3.